The summed E-state index contributed by atoms with van der Waals surface area (Å²) in [5.74, 6) is 0.522. The molecule has 0 aromatic heterocycles. The first-order chi connectivity index (χ1) is 11.0. The van der Waals surface area contributed by atoms with Gasteiger partial charge >= 0.3 is 0 Å². The quantitative estimate of drug-likeness (QED) is 0.785. The number of amides is 1. The fraction of sp³-hybridized carbons (Fsp3) is 0.278. The van der Waals surface area contributed by atoms with Crippen LogP contribution in [0, 0.1) is 0 Å². The molecule has 1 amide bonds. The fourth-order valence-corrected chi connectivity index (χ4v) is 2.39. The molecule has 0 fully saturated rings. The summed E-state index contributed by atoms with van der Waals surface area (Å²) in [4.78, 5) is 13.9. The molecule has 0 aliphatic carbocycles. The molecular formula is C18H23ClN2O3. The molecule has 0 saturated carbocycles. The van der Waals surface area contributed by atoms with Gasteiger partial charge in [-0.2, -0.15) is 0 Å². The summed E-state index contributed by atoms with van der Waals surface area (Å²) in [6.45, 7) is 0.431. The molecule has 0 saturated heterocycles. The third-order valence-electron chi connectivity index (χ3n) is 3.75. The lowest BCUT2D eigenvalue weighted by atomic mass is 10.1. The van der Waals surface area contributed by atoms with Crippen molar-refractivity contribution < 1.29 is 14.6 Å². The van der Waals surface area contributed by atoms with Gasteiger partial charge in [0.1, 0.15) is 0 Å². The molecule has 0 radical (unpaired) electrons. The van der Waals surface area contributed by atoms with Crippen molar-refractivity contribution >= 4 is 24.0 Å². The highest BCUT2D eigenvalue weighted by atomic mass is 35.5. The zero-order chi connectivity index (χ0) is 16.8. The number of carbonyl (C=O) groups excluding carboxylic acids is 1. The summed E-state index contributed by atoms with van der Waals surface area (Å²) in [5.41, 5.74) is 8.43. The van der Waals surface area contributed by atoms with Gasteiger partial charge in [-0.3, -0.25) is 4.79 Å². The Morgan fingerprint density at radius 1 is 1.25 bits per heavy atom. The van der Waals surface area contributed by atoms with E-state index in [1.165, 1.54) is 7.11 Å². The molecule has 24 heavy (non-hydrogen) atoms. The average molecular weight is 351 g/mol. The molecule has 2 aromatic rings. The van der Waals surface area contributed by atoms with Crippen LogP contribution in [0.3, 0.4) is 0 Å². The number of nitrogens with zero attached hydrogens (tertiary/aromatic N) is 1. The maximum absolute atomic E-state index is 12.2. The number of rotatable bonds is 6. The smallest absolute Gasteiger partial charge is 0.222 e. The SMILES string of the molecule is COc1ccc(CN(C)C(=O)CCc2ccccc2N)cc1O.Cl. The number of aromatic hydroxyl groups is 1. The predicted molar refractivity (Wildman–Crippen MR) is 97.6 cm³/mol. The number of hydrogen-bond acceptors (Lipinski definition) is 4. The summed E-state index contributed by atoms with van der Waals surface area (Å²) in [6, 6.07) is 12.7. The zero-order valence-electron chi connectivity index (χ0n) is 13.9. The maximum atomic E-state index is 12.2. The van der Waals surface area contributed by atoms with Gasteiger partial charge in [-0.25, -0.2) is 0 Å². The van der Waals surface area contributed by atoms with Crippen LogP contribution in [0.1, 0.15) is 17.5 Å². The summed E-state index contributed by atoms with van der Waals surface area (Å²) in [6.07, 6.45) is 1.01. The van der Waals surface area contributed by atoms with Crippen LogP contribution in [0.25, 0.3) is 0 Å². The van der Waals surface area contributed by atoms with Gasteiger partial charge in [0.05, 0.1) is 7.11 Å². The monoisotopic (exact) mass is 350 g/mol. The lowest BCUT2D eigenvalue weighted by Crippen LogP contribution is -2.26. The molecule has 5 nitrogen and oxygen atoms in total. The van der Waals surface area contributed by atoms with Crippen molar-refractivity contribution in [1.29, 1.82) is 0 Å². The van der Waals surface area contributed by atoms with E-state index in [9.17, 15) is 9.90 Å². The maximum Gasteiger partial charge on any atom is 0.222 e. The highest BCUT2D eigenvalue weighted by Gasteiger charge is 2.11. The summed E-state index contributed by atoms with van der Waals surface area (Å²) < 4.78 is 5.01. The Kier molecular flexibility index (Phi) is 7.39. The molecule has 0 aliphatic rings. The van der Waals surface area contributed by atoms with Gasteiger partial charge < -0.3 is 20.5 Å². The largest absolute Gasteiger partial charge is 0.504 e. The van der Waals surface area contributed by atoms with E-state index in [1.807, 2.05) is 30.3 Å². The van der Waals surface area contributed by atoms with Gasteiger partial charge in [0.15, 0.2) is 11.5 Å². The van der Waals surface area contributed by atoms with Crippen LogP contribution < -0.4 is 10.5 Å². The first-order valence-corrected chi connectivity index (χ1v) is 7.44. The number of benzene rings is 2. The molecule has 2 rings (SSSR count). The van der Waals surface area contributed by atoms with Crippen molar-refractivity contribution in [3.05, 3.63) is 53.6 Å². The minimum absolute atomic E-state index is 0. The van der Waals surface area contributed by atoms with Crippen molar-refractivity contribution in [3.8, 4) is 11.5 Å². The van der Waals surface area contributed by atoms with E-state index in [0.717, 1.165) is 11.1 Å². The molecule has 2 aromatic carbocycles. The number of anilines is 1. The number of methoxy groups -OCH3 is 1. The summed E-state index contributed by atoms with van der Waals surface area (Å²) >= 11 is 0. The van der Waals surface area contributed by atoms with Gasteiger partial charge in [-0.15, -0.1) is 12.4 Å². The second kappa shape index (κ2) is 9.03. The molecule has 0 aliphatic heterocycles. The normalized spacial score (nSPS) is 9.92. The van der Waals surface area contributed by atoms with Crippen molar-refractivity contribution in [2.75, 3.05) is 19.9 Å². The second-order valence-corrected chi connectivity index (χ2v) is 5.45. The Morgan fingerprint density at radius 2 is 1.96 bits per heavy atom. The van der Waals surface area contributed by atoms with Crippen LogP contribution in [-0.4, -0.2) is 30.1 Å². The highest BCUT2D eigenvalue weighted by Crippen LogP contribution is 2.26. The number of aryl methyl sites for hydroxylation is 1. The number of nitrogens with two attached hydrogens (primary N) is 1. The van der Waals surface area contributed by atoms with Crippen LogP contribution >= 0.6 is 12.4 Å². The molecule has 3 N–H and O–H groups in total. The van der Waals surface area contributed by atoms with Gasteiger partial charge in [0, 0.05) is 25.7 Å². The molecular weight excluding hydrogens is 328 g/mol. The molecule has 6 heteroatoms. The minimum atomic E-state index is 0. The van der Waals surface area contributed by atoms with Gasteiger partial charge in [-0.1, -0.05) is 24.3 Å². The lowest BCUT2D eigenvalue weighted by molar-refractivity contribution is -0.130. The number of phenolic OH excluding ortho intramolecular Hbond substituents is 1. The molecule has 0 heterocycles. The van der Waals surface area contributed by atoms with Crippen LogP contribution in [-0.2, 0) is 17.8 Å². The molecule has 0 unspecified atom stereocenters. The first kappa shape index (κ1) is 19.6. The Balaban J connectivity index is 0.00000288. The molecule has 0 atom stereocenters. The number of carbonyl (C=O) groups is 1. The standard InChI is InChI=1S/C18H22N2O3.ClH/c1-20(12-13-7-9-17(23-2)16(21)11-13)18(22)10-8-14-5-3-4-6-15(14)19;/h3-7,9,11,21H,8,10,12,19H2,1-2H3;1H. The van der Waals surface area contributed by atoms with E-state index in [2.05, 4.69) is 0 Å². The summed E-state index contributed by atoms with van der Waals surface area (Å²) in [5, 5.41) is 9.78. The Labute approximate surface area is 148 Å². The van der Waals surface area contributed by atoms with Crippen molar-refractivity contribution in [1.82, 2.24) is 4.90 Å². The van der Waals surface area contributed by atoms with E-state index < -0.39 is 0 Å². The first-order valence-electron chi connectivity index (χ1n) is 7.44. The van der Waals surface area contributed by atoms with Crippen molar-refractivity contribution in [2.45, 2.75) is 19.4 Å². The van der Waals surface area contributed by atoms with Crippen molar-refractivity contribution in [3.63, 3.8) is 0 Å². The van der Waals surface area contributed by atoms with Crippen LogP contribution in [0.4, 0.5) is 5.69 Å². The predicted octanol–water partition coefficient (Wildman–Crippen LogP) is 3.00. The highest BCUT2D eigenvalue weighted by molar-refractivity contribution is 5.85. The van der Waals surface area contributed by atoms with Crippen LogP contribution in [0.2, 0.25) is 0 Å². The third kappa shape index (κ3) is 5.06. The molecule has 0 spiro atoms. The van der Waals surface area contributed by atoms with E-state index >= 15 is 0 Å². The average Bonchev–Trinajstić information content (AvgIpc) is 2.54. The number of halogens is 1. The number of nitrogen functional groups attached to an aromatic ring is 1. The van der Waals surface area contributed by atoms with Gasteiger partial charge in [0.25, 0.3) is 0 Å². The Hall–Kier alpha value is -2.40. The fourth-order valence-electron chi connectivity index (χ4n) is 2.39. The topological polar surface area (TPSA) is 75.8 Å². The number of hydrogen-bond donors (Lipinski definition) is 2. The van der Waals surface area contributed by atoms with E-state index in [0.29, 0.717) is 30.8 Å². The number of ether oxygens (including phenoxy) is 1. The van der Waals surface area contributed by atoms with E-state index in [1.54, 1.807) is 24.1 Å². The molecule has 130 valence electrons. The molecule has 0 bridgehead atoms. The number of phenols is 1. The van der Waals surface area contributed by atoms with Gasteiger partial charge in [-0.05, 0) is 35.7 Å². The summed E-state index contributed by atoms with van der Waals surface area (Å²) in [7, 11) is 3.25. The zero-order valence-corrected chi connectivity index (χ0v) is 14.7. The third-order valence-corrected chi connectivity index (χ3v) is 3.75. The Bertz CT molecular complexity index is 692. The Morgan fingerprint density at radius 3 is 2.58 bits per heavy atom. The number of para-hydroxylation sites is 1. The van der Waals surface area contributed by atoms with E-state index in [4.69, 9.17) is 10.5 Å². The van der Waals surface area contributed by atoms with Gasteiger partial charge in [0.2, 0.25) is 5.91 Å². The van der Waals surface area contributed by atoms with Crippen molar-refractivity contribution in [2.24, 2.45) is 0 Å². The van der Waals surface area contributed by atoms with Crippen LogP contribution in [0.5, 0.6) is 11.5 Å². The second-order valence-electron chi connectivity index (χ2n) is 5.45. The van der Waals surface area contributed by atoms with Crippen LogP contribution in [0.15, 0.2) is 42.5 Å². The lowest BCUT2D eigenvalue weighted by Gasteiger charge is -2.18. The van der Waals surface area contributed by atoms with E-state index in [-0.39, 0.29) is 24.1 Å². The minimum Gasteiger partial charge on any atom is -0.504 e.